The second-order valence-corrected chi connectivity index (χ2v) is 5.75. The summed E-state index contributed by atoms with van der Waals surface area (Å²) in [7, 11) is 0. The third kappa shape index (κ3) is 3.31. The highest BCUT2D eigenvalue weighted by Gasteiger charge is 2.21. The van der Waals surface area contributed by atoms with Gasteiger partial charge in [-0.05, 0) is 43.5 Å². The summed E-state index contributed by atoms with van der Waals surface area (Å²) in [6.07, 6.45) is 4.47. The Morgan fingerprint density at radius 2 is 1.85 bits per heavy atom. The van der Waals surface area contributed by atoms with E-state index in [0.29, 0.717) is 12.3 Å². The van der Waals surface area contributed by atoms with Gasteiger partial charge in [0.05, 0.1) is 13.2 Å². The first-order valence-corrected chi connectivity index (χ1v) is 7.54. The maximum Gasteiger partial charge on any atom is 0.224 e. The van der Waals surface area contributed by atoms with E-state index in [2.05, 4.69) is 22.3 Å². The molecule has 108 valence electrons. The quantitative estimate of drug-likeness (QED) is 0.917. The lowest BCUT2D eigenvalue weighted by atomic mass is 10.0. The number of carbonyl (C=O) groups excluding carboxylic acids is 1. The molecule has 1 aromatic rings. The molecule has 20 heavy (non-hydrogen) atoms. The predicted octanol–water partition coefficient (Wildman–Crippen LogP) is 2.65. The summed E-state index contributed by atoms with van der Waals surface area (Å²) in [5.41, 5.74) is 2.14. The van der Waals surface area contributed by atoms with Crippen molar-refractivity contribution in [1.82, 2.24) is 0 Å². The summed E-state index contributed by atoms with van der Waals surface area (Å²) in [6.45, 7) is 3.74. The summed E-state index contributed by atoms with van der Waals surface area (Å²) in [6, 6.07) is 8.21. The molecule has 2 aliphatic heterocycles. The van der Waals surface area contributed by atoms with Crippen molar-refractivity contribution in [2.24, 2.45) is 5.92 Å². The van der Waals surface area contributed by atoms with Crippen LogP contribution in [0.15, 0.2) is 24.3 Å². The molecule has 4 heteroatoms. The van der Waals surface area contributed by atoms with Gasteiger partial charge >= 0.3 is 0 Å². The number of hydrogen-bond acceptors (Lipinski definition) is 3. The summed E-state index contributed by atoms with van der Waals surface area (Å²) in [5.74, 6) is 0.492. The van der Waals surface area contributed by atoms with Crippen LogP contribution < -0.4 is 10.2 Å². The molecule has 2 aliphatic rings. The number of hydrogen-bond donors (Lipinski definition) is 1. The Labute approximate surface area is 120 Å². The molecule has 0 aliphatic carbocycles. The molecule has 0 aromatic heterocycles. The Morgan fingerprint density at radius 3 is 2.45 bits per heavy atom. The van der Waals surface area contributed by atoms with Crippen LogP contribution in [0, 0.1) is 5.92 Å². The van der Waals surface area contributed by atoms with Gasteiger partial charge in [0, 0.05) is 36.8 Å². The fourth-order valence-electron chi connectivity index (χ4n) is 2.78. The average Bonchev–Trinajstić information content (AvgIpc) is 2.45. The Balaban J connectivity index is 1.53. The van der Waals surface area contributed by atoms with Crippen molar-refractivity contribution in [2.75, 3.05) is 36.5 Å². The summed E-state index contributed by atoms with van der Waals surface area (Å²) in [5, 5.41) is 2.96. The SMILES string of the molecule is O=C(CC1COC1)Nc1ccc(N2CCCCC2)cc1. The first-order valence-electron chi connectivity index (χ1n) is 7.54. The highest BCUT2D eigenvalue weighted by atomic mass is 16.5. The van der Waals surface area contributed by atoms with Crippen molar-refractivity contribution in [3.05, 3.63) is 24.3 Å². The van der Waals surface area contributed by atoms with Crippen LogP contribution >= 0.6 is 0 Å². The zero-order chi connectivity index (χ0) is 13.8. The van der Waals surface area contributed by atoms with E-state index < -0.39 is 0 Å². The summed E-state index contributed by atoms with van der Waals surface area (Å²) < 4.78 is 5.08. The van der Waals surface area contributed by atoms with E-state index in [1.54, 1.807) is 0 Å². The molecule has 2 heterocycles. The number of nitrogens with zero attached hydrogens (tertiary/aromatic N) is 1. The molecular weight excluding hydrogens is 252 g/mol. The normalized spacial score (nSPS) is 19.5. The Bertz CT molecular complexity index is 448. The zero-order valence-corrected chi connectivity index (χ0v) is 11.8. The minimum atomic E-state index is 0.0871. The standard InChI is InChI=1S/C16H22N2O2/c19-16(10-13-11-20-12-13)17-14-4-6-15(7-5-14)18-8-2-1-3-9-18/h4-7,13H,1-3,8-12H2,(H,17,19). The lowest BCUT2D eigenvalue weighted by Gasteiger charge is -2.29. The third-order valence-electron chi connectivity index (χ3n) is 4.05. The second-order valence-electron chi connectivity index (χ2n) is 5.75. The molecule has 0 bridgehead atoms. The van der Waals surface area contributed by atoms with Gasteiger partial charge in [0.1, 0.15) is 0 Å². The maximum absolute atomic E-state index is 11.8. The smallest absolute Gasteiger partial charge is 0.224 e. The van der Waals surface area contributed by atoms with Gasteiger partial charge in [-0.2, -0.15) is 0 Å². The molecule has 3 rings (SSSR count). The van der Waals surface area contributed by atoms with Crippen LogP contribution in [-0.2, 0) is 9.53 Å². The number of amides is 1. The van der Waals surface area contributed by atoms with Crippen molar-refractivity contribution < 1.29 is 9.53 Å². The minimum Gasteiger partial charge on any atom is -0.381 e. The van der Waals surface area contributed by atoms with Crippen LogP contribution in [0.4, 0.5) is 11.4 Å². The summed E-state index contributed by atoms with van der Waals surface area (Å²) >= 11 is 0. The molecular formula is C16H22N2O2. The van der Waals surface area contributed by atoms with Crippen molar-refractivity contribution >= 4 is 17.3 Å². The summed E-state index contributed by atoms with van der Waals surface area (Å²) in [4.78, 5) is 14.2. The topological polar surface area (TPSA) is 41.6 Å². The van der Waals surface area contributed by atoms with Gasteiger partial charge in [0.15, 0.2) is 0 Å². The monoisotopic (exact) mass is 274 g/mol. The molecule has 4 nitrogen and oxygen atoms in total. The van der Waals surface area contributed by atoms with Gasteiger partial charge in [-0.1, -0.05) is 0 Å². The van der Waals surface area contributed by atoms with Gasteiger partial charge in [-0.3, -0.25) is 4.79 Å². The highest BCUT2D eigenvalue weighted by Crippen LogP contribution is 2.22. The molecule has 0 radical (unpaired) electrons. The van der Waals surface area contributed by atoms with Gasteiger partial charge in [0.2, 0.25) is 5.91 Å². The molecule has 1 N–H and O–H groups in total. The van der Waals surface area contributed by atoms with Crippen LogP contribution in [0.5, 0.6) is 0 Å². The lowest BCUT2D eigenvalue weighted by molar-refractivity contribution is -0.121. The molecule has 0 atom stereocenters. The largest absolute Gasteiger partial charge is 0.381 e. The molecule has 1 amide bonds. The molecule has 0 unspecified atom stereocenters. The van der Waals surface area contributed by atoms with Crippen molar-refractivity contribution in [2.45, 2.75) is 25.7 Å². The van der Waals surface area contributed by atoms with Gasteiger partial charge in [0.25, 0.3) is 0 Å². The van der Waals surface area contributed by atoms with E-state index in [0.717, 1.165) is 32.0 Å². The number of nitrogens with one attached hydrogen (secondary N) is 1. The second kappa shape index (κ2) is 6.27. The zero-order valence-electron chi connectivity index (χ0n) is 11.8. The molecule has 1 aromatic carbocycles. The van der Waals surface area contributed by atoms with Crippen molar-refractivity contribution in [3.63, 3.8) is 0 Å². The maximum atomic E-state index is 11.8. The van der Waals surface area contributed by atoms with Crippen molar-refractivity contribution in [1.29, 1.82) is 0 Å². The van der Waals surface area contributed by atoms with Crippen LogP contribution in [0.2, 0.25) is 0 Å². The lowest BCUT2D eigenvalue weighted by Crippen LogP contribution is -2.31. The number of piperidine rings is 1. The van der Waals surface area contributed by atoms with E-state index >= 15 is 0 Å². The molecule has 2 saturated heterocycles. The number of benzene rings is 1. The van der Waals surface area contributed by atoms with Gasteiger partial charge < -0.3 is 15.0 Å². The third-order valence-corrected chi connectivity index (χ3v) is 4.05. The van der Waals surface area contributed by atoms with E-state index in [1.807, 2.05) is 12.1 Å². The van der Waals surface area contributed by atoms with Gasteiger partial charge in [-0.25, -0.2) is 0 Å². The predicted molar refractivity (Wildman–Crippen MR) is 80.1 cm³/mol. The van der Waals surface area contributed by atoms with Crippen LogP contribution in [-0.4, -0.2) is 32.2 Å². The van der Waals surface area contributed by atoms with Crippen LogP contribution in [0.3, 0.4) is 0 Å². The minimum absolute atomic E-state index is 0.0871. The fourth-order valence-corrected chi connectivity index (χ4v) is 2.78. The van der Waals surface area contributed by atoms with Crippen LogP contribution in [0.25, 0.3) is 0 Å². The Kier molecular flexibility index (Phi) is 4.21. The molecule has 0 spiro atoms. The first kappa shape index (κ1) is 13.4. The van der Waals surface area contributed by atoms with Gasteiger partial charge in [-0.15, -0.1) is 0 Å². The number of rotatable bonds is 4. The number of carbonyl (C=O) groups is 1. The average molecular weight is 274 g/mol. The molecule has 0 saturated carbocycles. The fraction of sp³-hybridized carbons (Fsp3) is 0.562. The number of anilines is 2. The van der Waals surface area contributed by atoms with E-state index in [-0.39, 0.29) is 5.91 Å². The van der Waals surface area contributed by atoms with E-state index in [1.165, 1.54) is 24.9 Å². The molecule has 2 fully saturated rings. The Morgan fingerprint density at radius 1 is 1.15 bits per heavy atom. The number of ether oxygens (including phenoxy) is 1. The Hall–Kier alpha value is -1.55. The van der Waals surface area contributed by atoms with E-state index in [9.17, 15) is 4.79 Å². The highest BCUT2D eigenvalue weighted by molar-refractivity contribution is 5.91. The first-order chi connectivity index (χ1) is 9.81. The van der Waals surface area contributed by atoms with Crippen LogP contribution in [0.1, 0.15) is 25.7 Å². The van der Waals surface area contributed by atoms with Crippen molar-refractivity contribution in [3.8, 4) is 0 Å². The van der Waals surface area contributed by atoms with E-state index in [4.69, 9.17) is 4.74 Å².